The molecule has 0 saturated carbocycles. The number of piperidine rings is 1. The minimum atomic E-state index is -0.259. The molecule has 5 nitrogen and oxygen atoms in total. The summed E-state index contributed by atoms with van der Waals surface area (Å²) in [4.78, 5) is 14.6. The quantitative estimate of drug-likeness (QED) is 0.832. The smallest absolute Gasteiger partial charge is 0.259 e. The summed E-state index contributed by atoms with van der Waals surface area (Å²) >= 11 is 12.8. The van der Waals surface area contributed by atoms with Gasteiger partial charge >= 0.3 is 0 Å². The molecule has 2 aromatic carbocycles. The molecule has 1 fully saturated rings. The maximum atomic E-state index is 13.0. The summed E-state index contributed by atoms with van der Waals surface area (Å²) in [5, 5.41) is 3.86. The fourth-order valence-corrected chi connectivity index (χ4v) is 4.03. The lowest BCUT2D eigenvalue weighted by Gasteiger charge is -2.29. The molecule has 0 bridgehead atoms. The van der Waals surface area contributed by atoms with Gasteiger partial charge in [-0.15, -0.1) is 0 Å². The second-order valence-electron chi connectivity index (χ2n) is 6.73. The summed E-state index contributed by atoms with van der Waals surface area (Å²) in [6, 6.07) is 11.0. The van der Waals surface area contributed by atoms with Crippen LogP contribution < -0.4 is 14.8 Å². The van der Waals surface area contributed by atoms with E-state index in [4.69, 9.17) is 32.7 Å². The minimum absolute atomic E-state index is 0.0828. The van der Waals surface area contributed by atoms with Gasteiger partial charge in [-0.1, -0.05) is 41.4 Å². The second-order valence-corrected chi connectivity index (χ2v) is 7.55. The number of rotatable bonds is 3. The zero-order valence-corrected chi connectivity index (χ0v) is 16.2. The first-order chi connectivity index (χ1) is 13.1. The lowest BCUT2D eigenvalue weighted by atomic mass is 10.1. The summed E-state index contributed by atoms with van der Waals surface area (Å²) < 4.78 is 11.6. The number of halogens is 2. The van der Waals surface area contributed by atoms with E-state index >= 15 is 0 Å². The van der Waals surface area contributed by atoms with E-state index in [-0.39, 0.29) is 34.4 Å². The van der Waals surface area contributed by atoms with E-state index in [1.165, 1.54) is 0 Å². The van der Waals surface area contributed by atoms with Crippen LogP contribution in [0.5, 0.6) is 11.5 Å². The molecule has 0 radical (unpaired) electrons. The van der Waals surface area contributed by atoms with Gasteiger partial charge in [-0.05, 0) is 37.6 Å². The minimum Gasteiger partial charge on any atom is -0.489 e. The highest BCUT2D eigenvalue weighted by molar-refractivity contribution is 6.39. The van der Waals surface area contributed by atoms with E-state index in [0.717, 1.165) is 37.2 Å². The van der Waals surface area contributed by atoms with Crippen LogP contribution in [0.1, 0.15) is 28.8 Å². The lowest BCUT2D eigenvalue weighted by Crippen LogP contribution is -2.37. The van der Waals surface area contributed by atoms with Crippen molar-refractivity contribution in [1.29, 1.82) is 0 Å². The number of benzene rings is 2. The molecule has 2 aliphatic heterocycles. The van der Waals surface area contributed by atoms with Gasteiger partial charge in [-0.25, -0.2) is 0 Å². The van der Waals surface area contributed by atoms with Crippen molar-refractivity contribution in [3.8, 4) is 11.5 Å². The van der Waals surface area contributed by atoms with Gasteiger partial charge in [0.15, 0.2) is 6.73 Å². The molecule has 0 aliphatic carbocycles. The molecule has 1 amide bonds. The molecule has 1 N–H and O–H groups in total. The number of hydrogen-bond donors (Lipinski definition) is 1. The third-order valence-corrected chi connectivity index (χ3v) is 5.38. The van der Waals surface area contributed by atoms with Crippen LogP contribution in [0.15, 0.2) is 36.4 Å². The number of carbonyl (C=O) groups excluding carboxylic acids is 1. The van der Waals surface area contributed by atoms with Gasteiger partial charge in [-0.3, -0.25) is 4.79 Å². The maximum absolute atomic E-state index is 13.0. The molecule has 2 aromatic rings. The van der Waals surface area contributed by atoms with Gasteiger partial charge < -0.3 is 19.7 Å². The first kappa shape index (κ1) is 18.4. The Labute approximate surface area is 168 Å². The second kappa shape index (κ2) is 7.97. The Morgan fingerprint density at radius 3 is 2.74 bits per heavy atom. The van der Waals surface area contributed by atoms with Crippen LogP contribution in [-0.2, 0) is 6.54 Å². The molecule has 0 unspecified atom stereocenters. The summed E-state index contributed by atoms with van der Waals surface area (Å²) in [6.45, 7) is 2.42. The maximum Gasteiger partial charge on any atom is 0.259 e. The van der Waals surface area contributed by atoms with E-state index in [2.05, 4.69) is 5.32 Å². The van der Waals surface area contributed by atoms with E-state index < -0.39 is 0 Å². The molecule has 1 saturated heterocycles. The monoisotopic (exact) mass is 406 g/mol. The molecular formula is C20H20Cl2N2O3. The molecule has 2 aliphatic rings. The number of carbonyl (C=O) groups is 1. The number of ether oxygens (including phenoxy) is 2. The van der Waals surface area contributed by atoms with Gasteiger partial charge in [0.2, 0.25) is 0 Å². The highest BCUT2D eigenvalue weighted by atomic mass is 35.5. The van der Waals surface area contributed by atoms with Crippen molar-refractivity contribution >= 4 is 29.1 Å². The van der Waals surface area contributed by atoms with Gasteiger partial charge in [0.1, 0.15) is 17.6 Å². The lowest BCUT2D eigenvalue weighted by molar-refractivity contribution is 0.0514. The van der Waals surface area contributed by atoms with Crippen LogP contribution in [0.3, 0.4) is 0 Å². The third kappa shape index (κ3) is 4.00. The predicted octanol–water partition coefficient (Wildman–Crippen LogP) is 4.12. The molecule has 7 heteroatoms. The summed E-state index contributed by atoms with van der Waals surface area (Å²) in [5.74, 6) is 1.12. The average molecular weight is 407 g/mol. The van der Waals surface area contributed by atoms with Crippen LogP contribution in [-0.4, -0.2) is 36.7 Å². The summed E-state index contributed by atoms with van der Waals surface area (Å²) in [6.07, 6.45) is 2.13. The van der Waals surface area contributed by atoms with Crippen molar-refractivity contribution in [3.63, 3.8) is 0 Å². The van der Waals surface area contributed by atoms with Crippen LogP contribution >= 0.6 is 23.2 Å². The first-order valence-electron chi connectivity index (χ1n) is 8.98. The van der Waals surface area contributed by atoms with Crippen LogP contribution in [0.25, 0.3) is 0 Å². The fourth-order valence-electron chi connectivity index (χ4n) is 3.40. The Morgan fingerprint density at radius 1 is 1.22 bits per heavy atom. The molecule has 0 spiro atoms. The van der Waals surface area contributed by atoms with Crippen molar-refractivity contribution < 1.29 is 14.3 Å². The molecule has 142 valence electrons. The number of hydrogen-bond acceptors (Lipinski definition) is 4. The normalized spacial score (nSPS) is 19.2. The van der Waals surface area contributed by atoms with Gasteiger partial charge in [0, 0.05) is 12.1 Å². The van der Waals surface area contributed by atoms with E-state index in [1.807, 2.05) is 24.3 Å². The standard InChI is InChI=1S/C20H20Cl2N2O3/c21-16-8-15(27-14-5-3-7-23-10-14)9-17(22)19(16)20(25)24-11-13-4-1-2-6-18(13)26-12-24/h1-2,4,6,8-9,14,23H,3,5,7,10-12H2/t14-/m1/s1. The fraction of sp³-hybridized carbons (Fsp3) is 0.350. The van der Waals surface area contributed by atoms with E-state index in [1.54, 1.807) is 17.0 Å². The number of para-hydroxylation sites is 1. The third-order valence-electron chi connectivity index (χ3n) is 4.78. The van der Waals surface area contributed by atoms with Crippen molar-refractivity contribution in [2.75, 3.05) is 19.8 Å². The van der Waals surface area contributed by atoms with Crippen molar-refractivity contribution in [1.82, 2.24) is 10.2 Å². The van der Waals surface area contributed by atoms with Gasteiger partial charge in [0.25, 0.3) is 5.91 Å². The van der Waals surface area contributed by atoms with E-state index in [0.29, 0.717) is 12.3 Å². The zero-order chi connectivity index (χ0) is 18.8. The SMILES string of the molecule is O=C(c1c(Cl)cc(O[C@@H]2CCCNC2)cc1Cl)N1COc2ccccc2C1. The molecule has 2 heterocycles. The molecule has 0 aromatic heterocycles. The average Bonchev–Trinajstić information content (AvgIpc) is 2.68. The Hall–Kier alpha value is -1.95. The Balaban J connectivity index is 1.52. The number of nitrogens with one attached hydrogen (secondary N) is 1. The summed E-state index contributed by atoms with van der Waals surface area (Å²) in [5.41, 5.74) is 1.23. The highest BCUT2D eigenvalue weighted by Crippen LogP contribution is 2.34. The molecular weight excluding hydrogens is 387 g/mol. The van der Waals surface area contributed by atoms with E-state index in [9.17, 15) is 4.79 Å². The largest absolute Gasteiger partial charge is 0.489 e. The molecule has 1 atom stereocenters. The van der Waals surface area contributed by atoms with Crippen molar-refractivity contribution in [2.45, 2.75) is 25.5 Å². The van der Waals surface area contributed by atoms with Crippen LogP contribution in [0.2, 0.25) is 10.0 Å². The predicted molar refractivity (Wildman–Crippen MR) is 105 cm³/mol. The first-order valence-corrected chi connectivity index (χ1v) is 9.74. The Bertz CT molecular complexity index is 830. The number of nitrogens with zero attached hydrogens (tertiary/aromatic N) is 1. The van der Waals surface area contributed by atoms with Crippen LogP contribution in [0.4, 0.5) is 0 Å². The molecule has 4 rings (SSSR count). The summed E-state index contributed by atoms with van der Waals surface area (Å²) in [7, 11) is 0. The molecule has 27 heavy (non-hydrogen) atoms. The highest BCUT2D eigenvalue weighted by Gasteiger charge is 2.27. The topological polar surface area (TPSA) is 50.8 Å². The Morgan fingerprint density at radius 2 is 2.00 bits per heavy atom. The Kier molecular flexibility index (Phi) is 5.43. The van der Waals surface area contributed by atoms with Gasteiger partial charge in [-0.2, -0.15) is 0 Å². The zero-order valence-electron chi connectivity index (χ0n) is 14.7. The van der Waals surface area contributed by atoms with Crippen LogP contribution in [0, 0.1) is 0 Å². The number of fused-ring (bicyclic) bond motifs is 1. The van der Waals surface area contributed by atoms with Gasteiger partial charge in [0.05, 0.1) is 22.2 Å². The number of amides is 1. The van der Waals surface area contributed by atoms with Crippen molar-refractivity contribution in [3.05, 3.63) is 57.6 Å². The van der Waals surface area contributed by atoms with Crippen molar-refractivity contribution in [2.24, 2.45) is 0 Å².